The molecule has 3 aliphatic heterocycles. The number of aromatic nitrogens is 2. The summed E-state index contributed by atoms with van der Waals surface area (Å²) in [5.74, 6) is -4.51. The molecule has 0 amide bonds. The molecule has 0 radical (unpaired) electrons. The van der Waals surface area contributed by atoms with Gasteiger partial charge in [0.25, 0.3) is 5.92 Å². The third-order valence-corrected chi connectivity index (χ3v) is 10.1. The molecule has 4 aromatic rings. The summed E-state index contributed by atoms with van der Waals surface area (Å²) in [5, 5.41) is 15.3. The van der Waals surface area contributed by atoms with E-state index in [1.807, 2.05) is 11.8 Å². The van der Waals surface area contributed by atoms with Crippen LogP contribution in [-0.2, 0) is 0 Å². The molecule has 46 heavy (non-hydrogen) atoms. The number of phenols is 1. The average molecular weight is 658 g/mol. The van der Waals surface area contributed by atoms with E-state index in [1.54, 1.807) is 18.2 Å². The minimum atomic E-state index is -2.81. The third-order valence-electron chi connectivity index (χ3n) is 9.82. The van der Waals surface area contributed by atoms with Crippen LogP contribution >= 0.6 is 11.6 Å². The number of nitrogens with one attached hydrogen (secondary N) is 1. The van der Waals surface area contributed by atoms with E-state index in [0.717, 1.165) is 12.8 Å². The number of anilines is 1. The van der Waals surface area contributed by atoms with Crippen LogP contribution < -0.4 is 15.0 Å². The molecule has 3 aromatic carbocycles. The van der Waals surface area contributed by atoms with Gasteiger partial charge in [-0.15, -0.1) is 0 Å². The molecule has 3 saturated heterocycles. The maximum Gasteiger partial charge on any atom is 0.319 e. The first-order valence-electron chi connectivity index (χ1n) is 15.8. The van der Waals surface area contributed by atoms with Crippen LogP contribution in [0.5, 0.6) is 11.8 Å². The monoisotopic (exact) mass is 657 g/mol. The Balaban J connectivity index is 1.38. The Bertz CT molecular complexity index is 1830. The molecule has 0 spiro atoms. The minimum Gasteiger partial charge on any atom is -0.508 e. The summed E-state index contributed by atoms with van der Waals surface area (Å²) in [6, 6.07) is 9.00. The second kappa shape index (κ2) is 11.7. The van der Waals surface area contributed by atoms with Crippen LogP contribution in [0.2, 0.25) is 5.02 Å². The number of ether oxygens (including phenoxy) is 1. The average Bonchev–Trinajstić information content (AvgIpc) is 3.41. The second-order valence-electron chi connectivity index (χ2n) is 13.1. The Kier molecular flexibility index (Phi) is 7.92. The van der Waals surface area contributed by atoms with Gasteiger partial charge in [-0.3, -0.25) is 4.90 Å². The van der Waals surface area contributed by atoms with Gasteiger partial charge in [0.05, 0.1) is 11.1 Å². The number of hydrogen-bond acceptors (Lipinski definition) is 7. The summed E-state index contributed by atoms with van der Waals surface area (Å²) in [4.78, 5) is 13.2. The highest BCUT2D eigenvalue weighted by molar-refractivity contribution is 6.36. The number of alkyl halides is 2. The number of piperazine rings is 1. The summed E-state index contributed by atoms with van der Waals surface area (Å²) in [6.45, 7) is 6.04. The lowest BCUT2D eigenvalue weighted by molar-refractivity contribution is -0.112. The number of phenolic OH excluding ortho intramolecular Hbond substituents is 1. The molecular weight excluding hydrogens is 622 g/mol. The summed E-state index contributed by atoms with van der Waals surface area (Å²) in [7, 11) is 0. The summed E-state index contributed by atoms with van der Waals surface area (Å²) >= 11 is 6.52. The predicted octanol–water partition coefficient (Wildman–Crippen LogP) is 7.31. The zero-order valence-electron chi connectivity index (χ0n) is 25.7. The van der Waals surface area contributed by atoms with Crippen molar-refractivity contribution in [2.24, 2.45) is 0 Å². The molecule has 0 bridgehead atoms. The third kappa shape index (κ3) is 5.50. The zero-order chi connectivity index (χ0) is 32.4. The van der Waals surface area contributed by atoms with Crippen LogP contribution in [0.15, 0.2) is 36.4 Å². The Labute approximate surface area is 269 Å². The van der Waals surface area contributed by atoms with E-state index in [2.05, 4.69) is 27.1 Å². The fourth-order valence-corrected chi connectivity index (χ4v) is 7.98. The Morgan fingerprint density at radius 2 is 1.93 bits per heavy atom. The van der Waals surface area contributed by atoms with Gasteiger partial charge in [-0.2, -0.15) is 9.97 Å². The smallest absolute Gasteiger partial charge is 0.319 e. The molecular formula is C34H36ClF4N5O2. The van der Waals surface area contributed by atoms with Crippen LogP contribution in [0.25, 0.3) is 32.8 Å². The Morgan fingerprint density at radius 3 is 2.74 bits per heavy atom. The number of fused-ring (bicyclic) bond motifs is 3. The van der Waals surface area contributed by atoms with Gasteiger partial charge in [-0.25, -0.2) is 17.6 Å². The van der Waals surface area contributed by atoms with E-state index in [-0.39, 0.29) is 71.3 Å². The molecule has 12 heteroatoms. The molecule has 3 atom stereocenters. The molecule has 7 nitrogen and oxygen atoms in total. The van der Waals surface area contributed by atoms with Crippen molar-refractivity contribution in [3.63, 3.8) is 0 Å². The first-order chi connectivity index (χ1) is 22.0. The molecule has 244 valence electrons. The van der Waals surface area contributed by atoms with Crippen molar-refractivity contribution in [1.82, 2.24) is 20.2 Å². The summed E-state index contributed by atoms with van der Waals surface area (Å²) < 4.78 is 68.5. The lowest BCUT2D eigenvalue weighted by atomic mass is 9.85. The highest BCUT2D eigenvalue weighted by atomic mass is 35.5. The van der Waals surface area contributed by atoms with Crippen molar-refractivity contribution in [1.29, 1.82) is 0 Å². The number of benzene rings is 3. The maximum atomic E-state index is 16.8. The Morgan fingerprint density at radius 1 is 1.11 bits per heavy atom. The molecule has 0 aliphatic carbocycles. The fourth-order valence-electron chi connectivity index (χ4n) is 7.70. The van der Waals surface area contributed by atoms with Crippen LogP contribution in [0.4, 0.5) is 23.4 Å². The molecule has 1 aromatic heterocycles. The van der Waals surface area contributed by atoms with Crippen molar-refractivity contribution >= 4 is 39.1 Å². The number of rotatable bonds is 6. The predicted molar refractivity (Wildman–Crippen MR) is 171 cm³/mol. The zero-order valence-corrected chi connectivity index (χ0v) is 26.5. The van der Waals surface area contributed by atoms with Crippen molar-refractivity contribution in [3.8, 4) is 22.9 Å². The minimum absolute atomic E-state index is 0.0678. The fraction of sp³-hybridized carbons (Fsp3) is 0.471. The van der Waals surface area contributed by atoms with E-state index in [0.29, 0.717) is 42.6 Å². The lowest BCUT2D eigenvalue weighted by Crippen LogP contribution is -2.56. The van der Waals surface area contributed by atoms with Gasteiger partial charge >= 0.3 is 6.01 Å². The van der Waals surface area contributed by atoms with E-state index in [9.17, 15) is 13.9 Å². The highest BCUT2D eigenvalue weighted by Crippen LogP contribution is 2.45. The quantitative estimate of drug-likeness (QED) is 0.211. The van der Waals surface area contributed by atoms with Crippen LogP contribution in [0.3, 0.4) is 0 Å². The van der Waals surface area contributed by atoms with Gasteiger partial charge in [0.2, 0.25) is 0 Å². The number of halogens is 5. The number of piperidine rings is 1. The lowest BCUT2D eigenvalue weighted by Gasteiger charge is -2.44. The van der Waals surface area contributed by atoms with Gasteiger partial charge in [0.1, 0.15) is 29.5 Å². The van der Waals surface area contributed by atoms with Gasteiger partial charge < -0.3 is 20.1 Å². The first kappa shape index (κ1) is 31.2. The van der Waals surface area contributed by atoms with Crippen molar-refractivity contribution in [3.05, 3.63) is 53.1 Å². The van der Waals surface area contributed by atoms with Crippen LogP contribution in [0.1, 0.15) is 46.0 Å². The summed E-state index contributed by atoms with van der Waals surface area (Å²) in [6.07, 6.45) is 1.63. The van der Waals surface area contributed by atoms with E-state index < -0.39 is 28.7 Å². The molecule has 3 fully saturated rings. The topological polar surface area (TPSA) is 73.8 Å². The highest BCUT2D eigenvalue weighted by Gasteiger charge is 2.53. The van der Waals surface area contributed by atoms with E-state index in [1.165, 1.54) is 18.2 Å². The molecule has 2 N–H and O–H groups in total. The number of aromatic hydroxyl groups is 1. The molecule has 4 heterocycles. The van der Waals surface area contributed by atoms with Crippen LogP contribution in [-0.4, -0.2) is 76.3 Å². The SMILES string of the molecule is CC[C@@H]1CN(c2nc(OCC34CCCN3CCC(F)(F)C4)nc3c(F)c(-c4cc(O)cc5cccc(Cl)c45)c(F)cc23)C[C@@H](C)N1. The van der Waals surface area contributed by atoms with Gasteiger partial charge in [-0.1, -0.05) is 30.7 Å². The van der Waals surface area contributed by atoms with Gasteiger partial charge in [-0.05, 0) is 62.4 Å². The largest absolute Gasteiger partial charge is 0.508 e. The Hall–Kier alpha value is -3.41. The standard InChI is InChI=1S/C34H36ClF4N5O2/c1-3-21-16-43(15-19(2)40-21)31-24-14-26(36)28(23-13-22(45)12-20-6-4-7-25(35)27(20)23)29(37)30(24)41-32(42-31)46-18-33-8-5-10-44(33)11-9-34(38,39)17-33/h4,6-7,12-14,19,21,40,45H,3,5,8-11,15-18H2,1-2H3/t19-,21-,33?/m1/s1. The molecule has 0 saturated carbocycles. The van der Waals surface area contributed by atoms with Gasteiger partial charge in [0.15, 0.2) is 5.82 Å². The maximum absolute atomic E-state index is 16.8. The van der Waals surface area contributed by atoms with Crippen molar-refractivity contribution in [2.75, 3.05) is 37.7 Å². The van der Waals surface area contributed by atoms with E-state index in [4.69, 9.17) is 16.3 Å². The summed E-state index contributed by atoms with van der Waals surface area (Å²) in [5.41, 5.74) is -1.37. The number of nitrogens with zero attached hydrogens (tertiary/aromatic N) is 4. The first-order valence-corrected chi connectivity index (χ1v) is 16.2. The molecule has 1 unspecified atom stereocenters. The number of hydrogen-bond donors (Lipinski definition) is 2. The van der Waals surface area contributed by atoms with Crippen LogP contribution in [0, 0.1) is 11.6 Å². The normalized spacial score (nSPS) is 24.9. The molecule has 7 rings (SSSR count). The van der Waals surface area contributed by atoms with E-state index >= 15 is 8.78 Å². The second-order valence-corrected chi connectivity index (χ2v) is 13.5. The van der Waals surface area contributed by atoms with Crippen molar-refractivity contribution in [2.45, 2.75) is 69.5 Å². The van der Waals surface area contributed by atoms with Crippen molar-refractivity contribution < 1.29 is 27.4 Å². The van der Waals surface area contributed by atoms with Gasteiger partial charge in [0, 0.05) is 65.9 Å². The molecule has 3 aliphatic rings.